The van der Waals surface area contributed by atoms with Crippen molar-refractivity contribution in [3.63, 3.8) is 0 Å². The first kappa shape index (κ1) is 11.4. The van der Waals surface area contributed by atoms with Gasteiger partial charge in [-0.3, -0.25) is 0 Å². The van der Waals surface area contributed by atoms with Crippen molar-refractivity contribution >= 4 is 5.82 Å². The highest BCUT2D eigenvalue weighted by molar-refractivity contribution is 5.40. The average molecular weight is 219 g/mol. The second-order valence-corrected chi connectivity index (χ2v) is 4.35. The molecule has 0 bridgehead atoms. The van der Waals surface area contributed by atoms with E-state index in [4.69, 9.17) is 0 Å². The maximum atomic E-state index is 4.42. The van der Waals surface area contributed by atoms with Gasteiger partial charge in [-0.1, -0.05) is 0 Å². The quantitative estimate of drug-likeness (QED) is 0.795. The molecule has 0 radical (unpaired) electrons. The average Bonchev–Trinajstić information content (AvgIpc) is 3.13. The normalized spacial score (nSPS) is 15.1. The molecular formula is C13H21N3. The van der Waals surface area contributed by atoms with E-state index in [0.717, 1.165) is 31.5 Å². The topological polar surface area (TPSA) is 28.2 Å². The Hall–Kier alpha value is -1.09. The van der Waals surface area contributed by atoms with Crippen LogP contribution in [0.15, 0.2) is 18.3 Å². The minimum Gasteiger partial charge on any atom is -0.357 e. The van der Waals surface area contributed by atoms with Crippen LogP contribution in [0.2, 0.25) is 0 Å². The Morgan fingerprint density at radius 2 is 2.12 bits per heavy atom. The van der Waals surface area contributed by atoms with E-state index in [9.17, 15) is 0 Å². The van der Waals surface area contributed by atoms with Gasteiger partial charge in [0.15, 0.2) is 0 Å². The highest BCUT2D eigenvalue weighted by Crippen LogP contribution is 2.20. The summed E-state index contributed by atoms with van der Waals surface area (Å²) in [7, 11) is 0. The first-order chi connectivity index (χ1) is 7.83. The standard InChI is InChI=1S/C13H21N3/c1-3-16(4-2)13-9-11(7-8-14-13)10-15-12-5-6-12/h7-9,12,15H,3-6,10H2,1-2H3. The van der Waals surface area contributed by atoms with E-state index >= 15 is 0 Å². The second kappa shape index (κ2) is 5.30. The van der Waals surface area contributed by atoms with Crippen molar-refractivity contribution in [1.82, 2.24) is 10.3 Å². The Morgan fingerprint density at radius 1 is 1.38 bits per heavy atom. The van der Waals surface area contributed by atoms with Crippen molar-refractivity contribution in [1.29, 1.82) is 0 Å². The molecule has 1 aromatic rings. The summed E-state index contributed by atoms with van der Waals surface area (Å²) in [5, 5.41) is 3.53. The number of hydrogen-bond donors (Lipinski definition) is 1. The summed E-state index contributed by atoms with van der Waals surface area (Å²) in [6.45, 7) is 7.34. The van der Waals surface area contributed by atoms with Gasteiger partial charge in [-0.15, -0.1) is 0 Å². The fourth-order valence-corrected chi connectivity index (χ4v) is 1.84. The molecule has 16 heavy (non-hydrogen) atoms. The van der Waals surface area contributed by atoms with Crippen molar-refractivity contribution in [3.8, 4) is 0 Å². The molecule has 1 saturated carbocycles. The first-order valence-electron chi connectivity index (χ1n) is 6.26. The van der Waals surface area contributed by atoms with Gasteiger partial charge in [0.05, 0.1) is 0 Å². The largest absolute Gasteiger partial charge is 0.357 e. The van der Waals surface area contributed by atoms with Gasteiger partial charge >= 0.3 is 0 Å². The highest BCUT2D eigenvalue weighted by Gasteiger charge is 2.19. The molecule has 0 aliphatic heterocycles. The van der Waals surface area contributed by atoms with E-state index in [0.29, 0.717) is 0 Å². The van der Waals surface area contributed by atoms with Gasteiger partial charge in [-0.05, 0) is 44.4 Å². The van der Waals surface area contributed by atoms with Gasteiger partial charge in [0.2, 0.25) is 0 Å². The molecule has 0 saturated heterocycles. The Kier molecular flexibility index (Phi) is 3.78. The van der Waals surface area contributed by atoms with E-state index in [2.05, 4.69) is 41.2 Å². The predicted molar refractivity (Wildman–Crippen MR) is 67.7 cm³/mol. The van der Waals surface area contributed by atoms with Crippen LogP contribution >= 0.6 is 0 Å². The third kappa shape index (κ3) is 2.95. The van der Waals surface area contributed by atoms with Crippen molar-refractivity contribution in [2.75, 3.05) is 18.0 Å². The molecule has 2 rings (SSSR count). The lowest BCUT2D eigenvalue weighted by Gasteiger charge is -2.20. The summed E-state index contributed by atoms with van der Waals surface area (Å²) >= 11 is 0. The molecule has 0 spiro atoms. The lowest BCUT2D eigenvalue weighted by molar-refractivity contribution is 0.686. The second-order valence-electron chi connectivity index (χ2n) is 4.35. The van der Waals surface area contributed by atoms with E-state index in [1.807, 2.05) is 6.20 Å². The molecular weight excluding hydrogens is 198 g/mol. The van der Waals surface area contributed by atoms with E-state index in [-0.39, 0.29) is 0 Å². The number of nitrogens with zero attached hydrogens (tertiary/aromatic N) is 2. The molecule has 1 aliphatic rings. The third-order valence-electron chi connectivity index (χ3n) is 3.07. The number of nitrogens with one attached hydrogen (secondary N) is 1. The maximum absolute atomic E-state index is 4.42. The summed E-state index contributed by atoms with van der Waals surface area (Å²) in [4.78, 5) is 6.70. The van der Waals surface area contributed by atoms with Crippen LogP contribution in [0.1, 0.15) is 32.3 Å². The summed E-state index contributed by atoms with van der Waals surface area (Å²) in [5.74, 6) is 1.10. The van der Waals surface area contributed by atoms with Gasteiger partial charge in [-0.25, -0.2) is 4.98 Å². The van der Waals surface area contributed by atoms with Gasteiger partial charge in [0.1, 0.15) is 5.82 Å². The van der Waals surface area contributed by atoms with Crippen LogP contribution in [0.25, 0.3) is 0 Å². The number of aromatic nitrogens is 1. The highest BCUT2D eigenvalue weighted by atomic mass is 15.2. The van der Waals surface area contributed by atoms with Crippen LogP contribution in [-0.2, 0) is 6.54 Å². The molecule has 0 amide bonds. The molecule has 0 unspecified atom stereocenters. The van der Waals surface area contributed by atoms with Crippen LogP contribution in [-0.4, -0.2) is 24.1 Å². The fourth-order valence-electron chi connectivity index (χ4n) is 1.84. The zero-order valence-corrected chi connectivity index (χ0v) is 10.2. The Balaban J connectivity index is 1.99. The van der Waals surface area contributed by atoms with Crippen molar-refractivity contribution in [3.05, 3.63) is 23.9 Å². The van der Waals surface area contributed by atoms with E-state index < -0.39 is 0 Å². The van der Waals surface area contributed by atoms with Crippen molar-refractivity contribution in [2.45, 2.75) is 39.3 Å². The first-order valence-corrected chi connectivity index (χ1v) is 6.26. The van der Waals surface area contributed by atoms with Crippen molar-refractivity contribution in [2.24, 2.45) is 0 Å². The Labute approximate surface area is 97.9 Å². The van der Waals surface area contributed by atoms with Crippen LogP contribution in [0.3, 0.4) is 0 Å². The third-order valence-corrected chi connectivity index (χ3v) is 3.07. The molecule has 1 heterocycles. The summed E-state index contributed by atoms with van der Waals surface area (Å²) in [5.41, 5.74) is 1.34. The van der Waals surface area contributed by atoms with Crippen LogP contribution in [0.4, 0.5) is 5.82 Å². The van der Waals surface area contributed by atoms with E-state index in [1.54, 1.807) is 0 Å². The minimum absolute atomic E-state index is 0.769. The molecule has 88 valence electrons. The molecule has 3 nitrogen and oxygen atoms in total. The number of rotatable bonds is 6. The number of hydrogen-bond acceptors (Lipinski definition) is 3. The number of anilines is 1. The van der Waals surface area contributed by atoms with Crippen LogP contribution < -0.4 is 10.2 Å². The van der Waals surface area contributed by atoms with Crippen LogP contribution in [0, 0.1) is 0 Å². The number of pyridine rings is 1. The SMILES string of the molecule is CCN(CC)c1cc(CNC2CC2)ccn1. The molecule has 0 atom stereocenters. The lowest BCUT2D eigenvalue weighted by Crippen LogP contribution is -2.23. The zero-order valence-electron chi connectivity index (χ0n) is 10.2. The summed E-state index contributed by atoms with van der Waals surface area (Å²) in [6.07, 6.45) is 4.60. The zero-order chi connectivity index (χ0) is 11.4. The van der Waals surface area contributed by atoms with Crippen LogP contribution in [0.5, 0.6) is 0 Å². The fraction of sp³-hybridized carbons (Fsp3) is 0.615. The molecule has 1 aromatic heterocycles. The van der Waals surface area contributed by atoms with Gasteiger partial charge < -0.3 is 10.2 Å². The minimum atomic E-state index is 0.769. The summed E-state index contributed by atoms with van der Waals surface area (Å²) < 4.78 is 0. The molecule has 0 aromatic carbocycles. The molecule has 1 fully saturated rings. The Morgan fingerprint density at radius 3 is 2.75 bits per heavy atom. The maximum Gasteiger partial charge on any atom is 0.128 e. The smallest absolute Gasteiger partial charge is 0.128 e. The van der Waals surface area contributed by atoms with Gasteiger partial charge in [0.25, 0.3) is 0 Å². The lowest BCUT2D eigenvalue weighted by atomic mass is 10.2. The van der Waals surface area contributed by atoms with E-state index in [1.165, 1.54) is 18.4 Å². The molecule has 3 heteroatoms. The molecule has 1 aliphatic carbocycles. The predicted octanol–water partition coefficient (Wildman–Crippen LogP) is 2.18. The molecule has 1 N–H and O–H groups in total. The monoisotopic (exact) mass is 219 g/mol. The van der Waals surface area contributed by atoms with Gasteiger partial charge in [0, 0.05) is 31.9 Å². The van der Waals surface area contributed by atoms with Crippen molar-refractivity contribution < 1.29 is 0 Å². The Bertz CT molecular complexity index is 330. The summed E-state index contributed by atoms with van der Waals surface area (Å²) in [6, 6.07) is 5.06. The van der Waals surface area contributed by atoms with Gasteiger partial charge in [-0.2, -0.15) is 0 Å².